The van der Waals surface area contributed by atoms with Gasteiger partial charge in [0.1, 0.15) is 0 Å². The van der Waals surface area contributed by atoms with Gasteiger partial charge in [-0.25, -0.2) is 0 Å². The molecule has 3 heteroatoms. The first-order valence-electron chi connectivity index (χ1n) is 6.34. The van der Waals surface area contributed by atoms with Crippen molar-refractivity contribution in [1.82, 2.24) is 5.32 Å². The standard InChI is InChI=1S/C14H20BrNO/c1-16-14(9-8-13-3-2-10-17-13)11-4-6-12(15)7-5-11/h4-7,13-14,16H,2-3,8-10H2,1H3. The van der Waals surface area contributed by atoms with Gasteiger partial charge < -0.3 is 10.1 Å². The minimum atomic E-state index is 0.437. The molecule has 0 aromatic heterocycles. The smallest absolute Gasteiger partial charge is 0.0576 e. The quantitative estimate of drug-likeness (QED) is 0.895. The lowest BCUT2D eigenvalue weighted by Gasteiger charge is -2.18. The van der Waals surface area contributed by atoms with E-state index in [0.717, 1.165) is 23.9 Å². The van der Waals surface area contributed by atoms with Gasteiger partial charge in [0.05, 0.1) is 6.10 Å². The van der Waals surface area contributed by atoms with Gasteiger partial charge in [0.2, 0.25) is 0 Å². The van der Waals surface area contributed by atoms with Crippen molar-refractivity contribution in [1.29, 1.82) is 0 Å². The summed E-state index contributed by atoms with van der Waals surface area (Å²) in [5.41, 5.74) is 1.36. The Labute approximate surface area is 112 Å². The molecule has 17 heavy (non-hydrogen) atoms. The van der Waals surface area contributed by atoms with Gasteiger partial charge in [-0.3, -0.25) is 0 Å². The predicted octanol–water partition coefficient (Wildman–Crippen LogP) is 3.67. The number of benzene rings is 1. The predicted molar refractivity (Wildman–Crippen MR) is 74.2 cm³/mol. The van der Waals surface area contributed by atoms with E-state index in [-0.39, 0.29) is 0 Å². The van der Waals surface area contributed by atoms with Crippen LogP contribution >= 0.6 is 15.9 Å². The Morgan fingerprint density at radius 2 is 2.18 bits per heavy atom. The van der Waals surface area contributed by atoms with E-state index in [4.69, 9.17) is 4.74 Å². The van der Waals surface area contributed by atoms with Crippen LogP contribution in [0.15, 0.2) is 28.7 Å². The van der Waals surface area contributed by atoms with Crippen molar-refractivity contribution in [3.05, 3.63) is 34.3 Å². The summed E-state index contributed by atoms with van der Waals surface area (Å²) in [6.45, 7) is 0.952. The molecule has 2 rings (SSSR count). The largest absolute Gasteiger partial charge is 0.378 e. The molecule has 2 nitrogen and oxygen atoms in total. The van der Waals surface area contributed by atoms with Gasteiger partial charge in [0, 0.05) is 17.1 Å². The lowest BCUT2D eigenvalue weighted by atomic mass is 9.99. The highest BCUT2D eigenvalue weighted by molar-refractivity contribution is 9.10. The van der Waals surface area contributed by atoms with Gasteiger partial charge in [-0.05, 0) is 50.4 Å². The number of hydrogen-bond donors (Lipinski definition) is 1. The SMILES string of the molecule is CNC(CCC1CCCO1)c1ccc(Br)cc1. The van der Waals surface area contributed by atoms with Crippen LogP contribution in [0.25, 0.3) is 0 Å². The molecule has 1 saturated heterocycles. The topological polar surface area (TPSA) is 21.3 Å². The summed E-state index contributed by atoms with van der Waals surface area (Å²) in [4.78, 5) is 0. The average Bonchev–Trinajstić information content (AvgIpc) is 2.85. The fourth-order valence-corrected chi connectivity index (χ4v) is 2.66. The molecular formula is C14H20BrNO. The van der Waals surface area contributed by atoms with E-state index < -0.39 is 0 Å². The zero-order valence-electron chi connectivity index (χ0n) is 10.3. The molecule has 94 valence electrons. The Morgan fingerprint density at radius 1 is 1.41 bits per heavy atom. The Kier molecular flexibility index (Phi) is 5.01. The molecule has 0 saturated carbocycles. The van der Waals surface area contributed by atoms with Crippen LogP contribution in [-0.2, 0) is 4.74 Å². The zero-order valence-corrected chi connectivity index (χ0v) is 11.9. The second-order valence-corrected chi connectivity index (χ2v) is 5.52. The first-order chi connectivity index (χ1) is 8.29. The number of nitrogens with one attached hydrogen (secondary N) is 1. The third-order valence-electron chi connectivity index (χ3n) is 3.42. The molecule has 1 heterocycles. The minimum Gasteiger partial charge on any atom is -0.378 e. The van der Waals surface area contributed by atoms with Gasteiger partial charge in [-0.2, -0.15) is 0 Å². The summed E-state index contributed by atoms with van der Waals surface area (Å²) in [6, 6.07) is 9.01. The van der Waals surface area contributed by atoms with Crippen LogP contribution in [0, 0.1) is 0 Å². The highest BCUT2D eigenvalue weighted by Gasteiger charge is 2.17. The normalized spacial score (nSPS) is 21.6. The van der Waals surface area contributed by atoms with Crippen LogP contribution < -0.4 is 5.32 Å². The van der Waals surface area contributed by atoms with Crippen molar-refractivity contribution < 1.29 is 4.74 Å². The minimum absolute atomic E-state index is 0.437. The second kappa shape index (κ2) is 6.53. The van der Waals surface area contributed by atoms with Crippen LogP contribution in [0.2, 0.25) is 0 Å². The van der Waals surface area contributed by atoms with Crippen molar-refractivity contribution in [3.8, 4) is 0 Å². The summed E-state index contributed by atoms with van der Waals surface area (Å²) in [6.07, 6.45) is 5.25. The second-order valence-electron chi connectivity index (χ2n) is 4.61. The third kappa shape index (κ3) is 3.80. The first kappa shape index (κ1) is 13.1. The van der Waals surface area contributed by atoms with Gasteiger partial charge >= 0.3 is 0 Å². The monoisotopic (exact) mass is 297 g/mol. The maximum absolute atomic E-state index is 5.67. The summed E-state index contributed by atoms with van der Waals surface area (Å²) in [5.74, 6) is 0. The fourth-order valence-electron chi connectivity index (χ4n) is 2.40. The van der Waals surface area contributed by atoms with Crippen molar-refractivity contribution in [2.24, 2.45) is 0 Å². The van der Waals surface area contributed by atoms with E-state index in [1.807, 2.05) is 7.05 Å². The summed E-state index contributed by atoms with van der Waals surface area (Å²) >= 11 is 3.47. The molecule has 0 spiro atoms. The Bertz CT molecular complexity index is 333. The molecule has 1 aromatic rings. The molecule has 0 radical (unpaired) electrons. The Hall–Kier alpha value is -0.380. The van der Waals surface area contributed by atoms with Crippen LogP contribution in [0.3, 0.4) is 0 Å². The molecule has 2 unspecified atom stereocenters. The maximum Gasteiger partial charge on any atom is 0.0576 e. The highest BCUT2D eigenvalue weighted by atomic mass is 79.9. The van der Waals surface area contributed by atoms with E-state index in [1.54, 1.807) is 0 Å². The average molecular weight is 298 g/mol. The lowest BCUT2D eigenvalue weighted by molar-refractivity contribution is 0.0998. The molecule has 1 aliphatic heterocycles. The molecular weight excluding hydrogens is 278 g/mol. The van der Waals surface area contributed by atoms with Crippen LogP contribution in [0.4, 0.5) is 0 Å². The summed E-state index contributed by atoms with van der Waals surface area (Å²) in [5, 5.41) is 3.39. The Morgan fingerprint density at radius 3 is 2.76 bits per heavy atom. The molecule has 1 aliphatic rings. The van der Waals surface area contributed by atoms with Crippen LogP contribution in [0.5, 0.6) is 0 Å². The zero-order chi connectivity index (χ0) is 12.1. The fraction of sp³-hybridized carbons (Fsp3) is 0.571. The molecule has 0 bridgehead atoms. The van der Waals surface area contributed by atoms with E-state index >= 15 is 0 Å². The third-order valence-corrected chi connectivity index (χ3v) is 3.95. The van der Waals surface area contributed by atoms with Crippen molar-refractivity contribution >= 4 is 15.9 Å². The summed E-state index contributed by atoms with van der Waals surface area (Å²) < 4.78 is 6.80. The van der Waals surface area contributed by atoms with Crippen LogP contribution in [0.1, 0.15) is 37.3 Å². The van der Waals surface area contributed by atoms with Gasteiger partial charge in [0.15, 0.2) is 0 Å². The van der Waals surface area contributed by atoms with Gasteiger partial charge in [-0.15, -0.1) is 0 Å². The summed E-state index contributed by atoms with van der Waals surface area (Å²) in [7, 11) is 2.03. The number of halogens is 1. The van der Waals surface area contributed by atoms with Crippen molar-refractivity contribution in [3.63, 3.8) is 0 Å². The molecule has 0 aliphatic carbocycles. The van der Waals surface area contributed by atoms with E-state index in [1.165, 1.54) is 18.4 Å². The molecule has 1 fully saturated rings. The number of ether oxygens (including phenoxy) is 1. The van der Waals surface area contributed by atoms with Gasteiger partial charge in [-0.1, -0.05) is 28.1 Å². The molecule has 1 aromatic carbocycles. The first-order valence-corrected chi connectivity index (χ1v) is 7.13. The van der Waals surface area contributed by atoms with E-state index in [0.29, 0.717) is 12.1 Å². The highest BCUT2D eigenvalue weighted by Crippen LogP contribution is 2.24. The molecule has 0 amide bonds. The lowest BCUT2D eigenvalue weighted by Crippen LogP contribution is -2.18. The van der Waals surface area contributed by atoms with Crippen molar-refractivity contribution in [2.45, 2.75) is 37.8 Å². The van der Waals surface area contributed by atoms with Gasteiger partial charge in [0.25, 0.3) is 0 Å². The van der Waals surface area contributed by atoms with Crippen molar-refractivity contribution in [2.75, 3.05) is 13.7 Å². The van der Waals surface area contributed by atoms with E-state index in [2.05, 4.69) is 45.5 Å². The number of hydrogen-bond acceptors (Lipinski definition) is 2. The van der Waals surface area contributed by atoms with E-state index in [9.17, 15) is 0 Å². The van der Waals surface area contributed by atoms with Crippen LogP contribution in [-0.4, -0.2) is 19.8 Å². The number of rotatable bonds is 5. The maximum atomic E-state index is 5.67. The molecule has 2 atom stereocenters. The molecule has 1 N–H and O–H groups in total. The Balaban J connectivity index is 1.89.